The molecule has 0 radical (unpaired) electrons. The maximum Gasteiger partial charge on any atom is 0.308 e. The summed E-state index contributed by atoms with van der Waals surface area (Å²) in [6.45, 7) is 4.27. The van der Waals surface area contributed by atoms with Gasteiger partial charge in [-0.05, 0) is 18.9 Å². The van der Waals surface area contributed by atoms with E-state index in [-0.39, 0.29) is 32.3 Å². The molecule has 3 aromatic rings. The van der Waals surface area contributed by atoms with Crippen molar-refractivity contribution in [2.45, 2.75) is 38.3 Å². The van der Waals surface area contributed by atoms with Crippen LogP contribution in [0, 0.1) is 5.82 Å². The minimum absolute atomic E-state index is 0.0542. The van der Waals surface area contributed by atoms with Crippen molar-refractivity contribution in [3.63, 3.8) is 0 Å². The molecule has 1 aromatic carbocycles. The molecule has 2 aromatic heterocycles. The van der Waals surface area contributed by atoms with Crippen LogP contribution in [-0.2, 0) is 19.0 Å². The van der Waals surface area contributed by atoms with Crippen molar-refractivity contribution < 1.29 is 13.2 Å². The summed E-state index contributed by atoms with van der Waals surface area (Å²) in [5.41, 5.74) is -0.934. The lowest BCUT2D eigenvalue weighted by atomic mass is 10.1. The van der Waals surface area contributed by atoms with E-state index in [1.807, 2.05) is 0 Å². The number of nitrogens with zero attached hydrogens (tertiary/aromatic N) is 3. The van der Waals surface area contributed by atoms with Crippen molar-refractivity contribution in [1.29, 1.82) is 0 Å². The molecule has 148 valence electrons. The summed E-state index contributed by atoms with van der Waals surface area (Å²) < 4.78 is 46.5. The van der Waals surface area contributed by atoms with Gasteiger partial charge in [0.2, 0.25) is 0 Å². The van der Waals surface area contributed by atoms with Gasteiger partial charge >= 0.3 is 5.92 Å². The van der Waals surface area contributed by atoms with Crippen LogP contribution in [0.2, 0.25) is 10.2 Å². The summed E-state index contributed by atoms with van der Waals surface area (Å²) in [7, 11) is 0. The summed E-state index contributed by atoms with van der Waals surface area (Å²) in [6, 6.07) is 0.951. The summed E-state index contributed by atoms with van der Waals surface area (Å²) in [5.74, 6) is -4.88. The van der Waals surface area contributed by atoms with Crippen molar-refractivity contribution in [2.24, 2.45) is 0 Å². The molecule has 0 saturated carbocycles. The van der Waals surface area contributed by atoms with Gasteiger partial charge in [-0.15, -0.1) is 6.58 Å². The lowest BCUT2D eigenvalue weighted by Gasteiger charge is -2.17. The predicted molar refractivity (Wildman–Crippen MR) is 102 cm³/mol. The Kier molecular flexibility index (Phi) is 4.58. The Morgan fingerprint density at radius 1 is 1.25 bits per heavy atom. The second kappa shape index (κ2) is 6.70. The first kappa shape index (κ1) is 19.1. The third kappa shape index (κ3) is 2.78. The number of benzene rings is 1. The molecule has 1 aliphatic heterocycles. The molecule has 1 N–H and O–H groups in total. The zero-order valence-electron chi connectivity index (χ0n) is 14.5. The van der Waals surface area contributed by atoms with E-state index in [2.05, 4.69) is 16.5 Å². The van der Waals surface area contributed by atoms with Gasteiger partial charge in [0.1, 0.15) is 16.5 Å². The van der Waals surface area contributed by atoms with E-state index < -0.39 is 29.5 Å². The van der Waals surface area contributed by atoms with Gasteiger partial charge in [0.15, 0.2) is 5.82 Å². The molecule has 4 rings (SSSR count). The average molecular weight is 431 g/mol. The lowest BCUT2D eigenvalue weighted by molar-refractivity contribution is -0.00913. The third-order valence-corrected chi connectivity index (χ3v) is 5.50. The molecular weight excluding hydrogens is 416 g/mol. The van der Waals surface area contributed by atoms with Gasteiger partial charge in [0.05, 0.1) is 21.7 Å². The smallest absolute Gasteiger partial charge is 0.308 e. The highest BCUT2D eigenvalue weighted by Gasteiger charge is 2.35. The van der Waals surface area contributed by atoms with Gasteiger partial charge in [-0.25, -0.2) is 14.1 Å². The van der Waals surface area contributed by atoms with Gasteiger partial charge < -0.3 is 4.98 Å². The number of aromatic amines is 1. The number of nitrogens with one attached hydrogen (secondary N) is 1. The third-order valence-electron chi connectivity index (χ3n) is 4.83. The number of rotatable bonds is 4. The van der Waals surface area contributed by atoms with E-state index in [0.29, 0.717) is 13.1 Å². The fourth-order valence-electron chi connectivity index (χ4n) is 3.53. The summed E-state index contributed by atoms with van der Waals surface area (Å²) in [6.07, 6.45) is 2.02. The molecule has 5 nitrogen and oxygen atoms in total. The Bertz CT molecular complexity index is 1160. The van der Waals surface area contributed by atoms with Crippen LogP contribution in [0.1, 0.15) is 25.1 Å². The van der Waals surface area contributed by atoms with Gasteiger partial charge in [-0.1, -0.05) is 29.3 Å². The van der Waals surface area contributed by atoms with Crippen molar-refractivity contribution in [3.8, 4) is 11.1 Å². The van der Waals surface area contributed by atoms with Crippen LogP contribution in [0.4, 0.5) is 13.2 Å². The second-order valence-electron chi connectivity index (χ2n) is 6.65. The molecule has 0 unspecified atom stereocenters. The largest absolute Gasteiger partial charge is 0.336 e. The Morgan fingerprint density at radius 2 is 1.93 bits per heavy atom. The molecule has 10 heteroatoms. The van der Waals surface area contributed by atoms with E-state index in [1.54, 1.807) is 4.68 Å². The van der Waals surface area contributed by atoms with E-state index in [1.165, 1.54) is 4.68 Å². The Labute approximate surface area is 167 Å². The number of aromatic nitrogens is 4. The number of alkyl halides is 2. The highest BCUT2D eigenvalue weighted by Crippen LogP contribution is 2.39. The van der Waals surface area contributed by atoms with E-state index in [9.17, 15) is 18.0 Å². The van der Waals surface area contributed by atoms with Crippen LogP contribution >= 0.6 is 23.2 Å². The molecule has 0 spiro atoms. The highest BCUT2D eigenvalue weighted by molar-refractivity contribution is 6.36. The number of imidazole rings is 1. The van der Waals surface area contributed by atoms with Gasteiger partial charge in [0.25, 0.3) is 5.56 Å². The summed E-state index contributed by atoms with van der Waals surface area (Å²) in [5, 5.41) is -0.0884. The maximum atomic E-state index is 14.9. The summed E-state index contributed by atoms with van der Waals surface area (Å²) >= 11 is 12.4. The van der Waals surface area contributed by atoms with Crippen LogP contribution in [-0.4, -0.2) is 19.3 Å². The molecule has 0 fully saturated rings. The van der Waals surface area contributed by atoms with Crippen molar-refractivity contribution in [1.82, 2.24) is 19.3 Å². The number of allylic oxidation sites excluding steroid dienone is 1. The number of halogens is 5. The highest BCUT2D eigenvalue weighted by atomic mass is 35.5. The molecule has 0 aliphatic carbocycles. The fourth-order valence-corrected chi connectivity index (χ4v) is 4.11. The molecule has 28 heavy (non-hydrogen) atoms. The average Bonchev–Trinajstić information content (AvgIpc) is 3.19. The van der Waals surface area contributed by atoms with Gasteiger partial charge in [0, 0.05) is 19.5 Å². The molecule has 0 atom stereocenters. The summed E-state index contributed by atoms with van der Waals surface area (Å²) in [4.78, 5) is 19.2. The Morgan fingerprint density at radius 3 is 2.57 bits per heavy atom. The molecule has 0 bridgehead atoms. The fraction of sp³-hybridized carbons (Fsp3) is 0.333. The first-order valence-corrected chi connectivity index (χ1v) is 9.38. The monoisotopic (exact) mass is 430 g/mol. The van der Waals surface area contributed by atoms with E-state index in [0.717, 1.165) is 25.0 Å². The number of H-pyrrole nitrogens is 1. The Hall–Kier alpha value is -2.19. The van der Waals surface area contributed by atoms with E-state index >= 15 is 0 Å². The molecule has 1 aliphatic rings. The second-order valence-corrected chi connectivity index (χ2v) is 7.41. The maximum absolute atomic E-state index is 14.9. The van der Waals surface area contributed by atoms with Crippen LogP contribution in [0.3, 0.4) is 0 Å². The van der Waals surface area contributed by atoms with Gasteiger partial charge in [-0.2, -0.15) is 8.78 Å². The van der Waals surface area contributed by atoms with Gasteiger partial charge in [-0.3, -0.25) is 9.48 Å². The molecule has 3 heterocycles. The molecule has 0 saturated heterocycles. The number of fused-ring (bicyclic) bond motifs is 2. The topological polar surface area (TPSA) is 55.6 Å². The standard InChI is InChI=1S/C18H15Cl2F3N4O/c1-2-5-18(22,23)17-24-13-9(19)8-10(21)11(14(13)25-17)12-15(20)26-6-3-4-7-27(26)16(12)28/h2,8H,1,3-7H2,(H,24,25). The first-order valence-electron chi connectivity index (χ1n) is 8.62. The molecular formula is C18H15Cl2F3N4O. The normalized spacial score (nSPS) is 14.5. The van der Waals surface area contributed by atoms with E-state index in [4.69, 9.17) is 23.2 Å². The van der Waals surface area contributed by atoms with Crippen molar-refractivity contribution >= 4 is 34.2 Å². The van der Waals surface area contributed by atoms with Crippen LogP contribution in [0.5, 0.6) is 0 Å². The van der Waals surface area contributed by atoms with Crippen LogP contribution < -0.4 is 5.56 Å². The molecule has 0 amide bonds. The Balaban J connectivity index is 2.04. The zero-order chi connectivity index (χ0) is 20.2. The minimum atomic E-state index is -3.35. The lowest BCUT2D eigenvalue weighted by Crippen LogP contribution is -2.27. The number of hydrogen-bond donors (Lipinski definition) is 1. The number of hydrogen-bond acceptors (Lipinski definition) is 2. The van der Waals surface area contributed by atoms with Crippen LogP contribution in [0.25, 0.3) is 22.2 Å². The minimum Gasteiger partial charge on any atom is -0.336 e. The quantitative estimate of drug-likeness (QED) is 0.585. The first-order chi connectivity index (χ1) is 13.3. The van der Waals surface area contributed by atoms with Crippen molar-refractivity contribution in [2.75, 3.05) is 0 Å². The predicted octanol–water partition coefficient (Wildman–Crippen LogP) is 5.10. The zero-order valence-corrected chi connectivity index (χ0v) is 16.0. The van der Waals surface area contributed by atoms with Crippen LogP contribution in [0.15, 0.2) is 23.5 Å². The SMILES string of the molecule is C=CCC(F)(F)c1nc2c(Cl)cc(F)c(-c3c(Cl)n4n(c3=O)CCCC4)c2[nH]1. The van der Waals surface area contributed by atoms with Crippen molar-refractivity contribution in [3.05, 3.63) is 50.9 Å².